The summed E-state index contributed by atoms with van der Waals surface area (Å²) in [6.07, 6.45) is -6.00. The molecule has 0 fully saturated rings. The molecule has 4 N–H and O–H groups in total. The highest BCUT2D eigenvalue weighted by Gasteiger charge is 2.35. The van der Waals surface area contributed by atoms with Crippen molar-refractivity contribution < 1.29 is 64.5 Å². The van der Waals surface area contributed by atoms with E-state index in [-0.39, 0.29) is 6.07 Å². The van der Waals surface area contributed by atoms with Crippen molar-refractivity contribution in [3.05, 3.63) is 59.2 Å². The van der Waals surface area contributed by atoms with Crippen molar-refractivity contribution >= 4 is 35.2 Å². The lowest BCUT2D eigenvalue weighted by Gasteiger charge is -2.24. The number of benzene rings is 2. The van der Waals surface area contributed by atoms with Crippen molar-refractivity contribution in [1.29, 1.82) is 0 Å². The van der Waals surface area contributed by atoms with Gasteiger partial charge in [-0.25, -0.2) is 8.78 Å². The molecule has 0 unspecified atom stereocenters. The zero-order valence-electron chi connectivity index (χ0n) is 21.6. The maximum absolute atomic E-state index is 13.8. The fraction of sp³-hybridized carbons (Fsp3) is 0.320. The van der Waals surface area contributed by atoms with Gasteiger partial charge in [-0.15, -0.1) is 0 Å². The molecule has 0 aliphatic rings. The molecule has 42 heavy (non-hydrogen) atoms. The van der Waals surface area contributed by atoms with Crippen LogP contribution in [0.15, 0.2) is 30.3 Å². The average Bonchev–Trinajstić information content (AvgIpc) is 2.89. The highest BCUT2D eigenvalue weighted by Crippen LogP contribution is 2.34. The maximum atomic E-state index is 13.8. The third kappa shape index (κ3) is 8.65. The Balaban J connectivity index is 2.16. The molecule has 0 aromatic heterocycles. The van der Waals surface area contributed by atoms with Crippen LogP contribution in [-0.4, -0.2) is 53.3 Å². The van der Waals surface area contributed by atoms with Gasteiger partial charge in [0.1, 0.15) is 18.7 Å². The maximum Gasteiger partial charge on any atom is 0.418 e. The lowest BCUT2D eigenvalue weighted by atomic mass is 10.0. The van der Waals surface area contributed by atoms with Crippen LogP contribution in [0.5, 0.6) is 5.75 Å². The summed E-state index contributed by atoms with van der Waals surface area (Å²) in [7, 11) is 0. The molecule has 0 saturated heterocycles. The summed E-state index contributed by atoms with van der Waals surface area (Å²) in [6, 6.07) is -0.0216. The number of carboxylic acids is 1. The summed E-state index contributed by atoms with van der Waals surface area (Å²) in [5.74, 6) is -17.5. The van der Waals surface area contributed by atoms with Crippen LogP contribution in [0.1, 0.15) is 25.8 Å². The largest absolute Gasteiger partial charge is 0.481 e. The minimum Gasteiger partial charge on any atom is -0.481 e. The fourth-order valence-electron chi connectivity index (χ4n) is 3.36. The zero-order chi connectivity index (χ0) is 31.9. The number of ketones is 1. The zero-order valence-corrected chi connectivity index (χ0v) is 21.6. The molecule has 0 aliphatic heterocycles. The summed E-state index contributed by atoms with van der Waals surface area (Å²) in [6.45, 7) is 1.33. The molecule has 0 heterocycles. The quantitative estimate of drug-likeness (QED) is 0.174. The van der Waals surface area contributed by atoms with Crippen LogP contribution in [-0.2, 0) is 30.1 Å². The molecule has 2 atom stereocenters. The van der Waals surface area contributed by atoms with Crippen LogP contribution >= 0.6 is 0 Å². The molecule has 0 saturated carbocycles. The number of hydrogen-bond donors (Lipinski definition) is 4. The molecule has 17 heteroatoms. The van der Waals surface area contributed by atoms with E-state index in [1.54, 1.807) is 5.32 Å². The number of ether oxygens (including phenoxy) is 1. The highest BCUT2D eigenvalue weighted by molar-refractivity contribution is 6.40. The SMILES string of the molecule is CC(C)[C@H](NC(=O)C(=O)Nc1ccccc1C(F)(F)F)C(=O)N[C@@H](CC(=O)O)C(=O)COc1c(F)c(F)cc(F)c1F. The van der Waals surface area contributed by atoms with Crippen molar-refractivity contribution in [1.82, 2.24) is 10.6 Å². The van der Waals surface area contributed by atoms with Crippen molar-refractivity contribution in [2.75, 3.05) is 11.9 Å². The fourth-order valence-corrected chi connectivity index (χ4v) is 3.36. The van der Waals surface area contributed by atoms with Crippen molar-refractivity contribution in [3.8, 4) is 5.75 Å². The number of Topliss-reactive ketones (excluding diaryl/α,β-unsaturated/α-hetero) is 1. The van der Waals surface area contributed by atoms with Crippen LogP contribution in [0.4, 0.5) is 36.4 Å². The Morgan fingerprint density at radius 3 is 2.00 bits per heavy atom. The molecular weight excluding hydrogens is 587 g/mol. The van der Waals surface area contributed by atoms with Crippen LogP contribution in [0.25, 0.3) is 0 Å². The molecule has 0 spiro atoms. The van der Waals surface area contributed by atoms with E-state index in [0.29, 0.717) is 6.07 Å². The smallest absolute Gasteiger partial charge is 0.418 e. The number of alkyl halides is 3. The molecule has 228 valence electrons. The topological polar surface area (TPSA) is 151 Å². The Morgan fingerprint density at radius 2 is 1.48 bits per heavy atom. The van der Waals surface area contributed by atoms with Gasteiger partial charge in [-0.3, -0.25) is 24.0 Å². The average molecular weight is 609 g/mol. The second kappa shape index (κ2) is 13.8. The Labute approximate surface area is 232 Å². The lowest BCUT2D eigenvalue weighted by Crippen LogP contribution is -2.56. The number of aliphatic carboxylic acids is 1. The van der Waals surface area contributed by atoms with Crippen LogP contribution in [0.3, 0.4) is 0 Å². The second-order valence-corrected chi connectivity index (χ2v) is 8.90. The summed E-state index contributed by atoms with van der Waals surface area (Å²) in [5, 5.41) is 14.8. The van der Waals surface area contributed by atoms with E-state index in [4.69, 9.17) is 5.11 Å². The van der Waals surface area contributed by atoms with Crippen LogP contribution in [0.2, 0.25) is 0 Å². The van der Waals surface area contributed by atoms with Gasteiger partial charge in [0.2, 0.25) is 17.5 Å². The first-order valence-corrected chi connectivity index (χ1v) is 11.7. The van der Waals surface area contributed by atoms with Crippen LogP contribution in [0, 0.1) is 29.2 Å². The number of nitrogens with one attached hydrogen (secondary N) is 3. The standard InChI is InChI=1S/C25H22F7N3O7/c1-10(2)20(35-24(41)23(40)33-14-6-4-3-5-11(14)25(30,31)32)22(39)34-15(8-17(37)38)16(36)9-42-21-18(28)12(26)7-13(27)19(21)29/h3-7,10,15,20H,8-9H2,1-2H3,(H,33,40)(H,34,39)(H,35,41)(H,37,38)/t15-,20-/m0/s1. The number of para-hydroxylation sites is 1. The summed E-state index contributed by atoms with van der Waals surface area (Å²) in [5.41, 5.74) is -2.02. The number of rotatable bonds is 11. The van der Waals surface area contributed by atoms with E-state index in [2.05, 4.69) is 4.74 Å². The first-order chi connectivity index (χ1) is 19.4. The Kier molecular flexibility index (Phi) is 11.0. The van der Waals surface area contributed by atoms with Crippen molar-refractivity contribution in [2.45, 2.75) is 38.5 Å². The number of halogens is 7. The van der Waals surface area contributed by atoms with Crippen molar-refractivity contribution in [3.63, 3.8) is 0 Å². The molecule has 0 bridgehead atoms. The van der Waals surface area contributed by atoms with E-state index in [0.717, 1.165) is 18.2 Å². The molecular formula is C25H22F7N3O7. The third-order valence-electron chi connectivity index (χ3n) is 5.44. The Bertz CT molecular complexity index is 1360. The van der Waals surface area contributed by atoms with Gasteiger partial charge in [0.15, 0.2) is 23.2 Å². The summed E-state index contributed by atoms with van der Waals surface area (Å²) in [4.78, 5) is 61.3. The minimum absolute atomic E-state index is 0.123. The van der Waals surface area contributed by atoms with E-state index >= 15 is 0 Å². The van der Waals surface area contributed by atoms with Gasteiger partial charge in [-0.2, -0.15) is 22.0 Å². The monoisotopic (exact) mass is 609 g/mol. The Hall–Kier alpha value is -4.70. The molecule has 3 amide bonds. The number of amides is 3. The van der Waals surface area contributed by atoms with Crippen LogP contribution < -0.4 is 20.7 Å². The van der Waals surface area contributed by atoms with Gasteiger partial charge >= 0.3 is 24.0 Å². The molecule has 2 rings (SSSR count). The second-order valence-electron chi connectivity index (χ2n) is 8.90. The third-order valence-corrected chi connectivity index (χ3v) is 5.44. The Morgan fingerprint density at radius 1 is 0.905 bits per heavy atom. The van der Waals surface area contributed by atoms with Gasteiger partial charge in [0, 0.05) is 6.07 Å². The summed E-state index contributed by atoms with van der Waals surface area (Å²) >= 11 is 0. The summed E-state index contributed by atoms with van der Waals surface area (Å²) < 4.78 is 98.4. The highest BCUT2D eigenvalue weighted by atomic mass is 19.4. The van der Waals surface area contributed by atoms with Gasteiger partial charge in [-0.1, -0.05) is 26.0 Å². The van der Waals surface area contributed by atoms with Gasteiger partial charge in [0.25, 0.3) is 0 Å². The number of hydrogen-bond acceptors (Lipinski definition) is 6. The van der Waals surface area contributed by atoms with Crippen molar-refractivity contribution in [2.24, 2.45) is 5.92 Å². The van der Waals surface area contributed by atoms with Gasteiger partial charge in [0.05, 0.1) is 17.7 Å². The van der Waals surface area contributed by atoms with Gasteiger partial charge < -0.3 is 25.8 Å². The number of anilines is 1. The lowest BCUT2D eigenvalue weighted by molar-refractivity contribution is -0.141. The predicted molar refractivity (Wildman–Crippen MR) is 128 cm³/mol. The van der Waals surface area contributed by atoms with Gasteiger partial charge in [-0.05, 0) is 18.1 Å². The molecule has 2 aromatic rings. The normalized spacial score (nSPS) is 12.7. The first kappa shape index (κ1) is 33.5. The molecule has 0 radical (unpaired) electrons. The number of carbonyl (C=O) groups is 5. The first-order valence-electron chi connectivity index (χ1n) is 11.7. The van der Waals surface area contributed by atoms with E-state index < -0.39 is 107 Å². The number of carbonyl (C=O) groups excluding carboxylic acids is 4. The van der Waals surface area contributed by atoms with E-state index in [9.17, 15) is 54.7 Å². The molecule has 2 aromatic carbocycles. The minimum atomic E-state index is -4.88. The predicted octanol–water partition coefficient (Wildman–Crippen LogP) is 2.95. The molecule has 0 aliphatic carbocycles. The van der Waals surface area contributed by atoms with E-state index in [1.165, 1.54) is 13.8 Å². The van der Waals surface area contributed by atoms with E-state index in [1.807, 2.05) is 10.6 Å². The molecule has 10 nitrogen and oxygen atoms in total. The number of carboxylic acid groups (broad SMARTS) is 1.